The lowest BCUT2D eigenvalue weighted by molar-refractivity contribution is -0.149. The number of likely N-dealkylation sites (N-methyl/N-ethyl adjacent to an activating group) is 2. The summed E-state index contributed by atoms with van der Waals surface area (Å²) >= 11 is 1.19. The molecular weight excluding hydrogens is 699 g/mol. The Balaban J connectivity index is 1.50. The van der Waals surface area contributed by atoms with Crippen LogP contribution in [0.3, 0.4) is 0 Å². The van der Waals surface area contributed by atoms with E-state index in [9.17, 15) is 24.0 Å². The van der Waals surface area contributed by atoms with Crippen molar-refractivity contribution in [3.8, 4) is 0 Å². The van der Waals surface area contributed by atoms with Crippen LogP contribution in [0, 0.1) is 24.7 Å². The van der Waals surface area contributed by atoms with E-state index >= 15 is 0 Å². The van der Waals surface area contributed by atoms with Crippen molar-refractivity contribution in [2.24, 2.45) is 17.8 Å². The molecule has 2 aromatic rings. The van der Waals surface area contributed by atoms with Crippen molar-refractivity contribution >= 4 is 41.0 Å². The summed E-state index contributed by atoms with van der Waals surface area (Å²) in [7, 11) is 5.02. The summed E-state index contributed by atoms with van der Waals surface area (Å²) in [5.41, 5.74) is 1.03. The standard InChI is InChI=1S/C38H57N7O7S/c1-22(2)31(45(7)37(49)28(16-26-12-13-26)42-35(48)30-11-9-10-14-44(30)6)18-32(52-25(5)46)36-43-29(21-53-36)34(47)41-27(15-24(4)38(50)51-8)17-33-39-19-23(3)20-40-33/h19-22,24,26-28,30-32H,9-18H2,1-8H3,(H,41,47)(H,42,48)/t24-,27+,28-,30+,31+,32+/m0/s1. The predicted octanol–water partition coefficient (Wildman–Crippen LogP) is 4.03. The summed E-state index contributed by atoms with van der Waals surface area (Å²) in [6.07, 6.45) is 8.86. The molecule has 1 saturated heterocycles. The van der Waals surface area contributed by atoms with Crippen molar-refractivity contribution in [2.45, 2.75) is 123 Å². The fourth-order valence-corrected chi connectivity index (χ4v) is 7.79. The van der Waals surface area contributed by atoms with E-state index in [1.807, 2.05) is 27.8 Å². The van der Waals surface area contributed by atoms with Crippen molar-refractivity contribution in [1.29, 1.82) is 0 Å². The number of esters is 2. The molecule has 2 aromatic heterocycles. The van der Waals surface area contributed by atoms with Crippen LogP contribution in [-0.2, 0) is 35.1 Å². The van der Waals surface area contributed by atoms with Crippen molar-refractivity contribution < 1.29 is 33.4 Å². The molecule has 2 N–H and O–H groups in total. The molecule has 1 aliphatic carbocycles. The summed E-state index contributed by atoms with van der Waals surface area (Å²) in [4.78, 5) is 82.8. The number of carbonyl (C=O) groups is 5. The average molecular weight is 756 g/mol. The molecule has 0 aromatic carbocycles. The van der Waals surface area contributed by atoms with Crippen LogP contribution in [0.4, 0.5) is 0 Å². The van der Waals surface area contributed by atoms with Crippen LogP contribution in [0.2, 0.25) is 0 Å². The number of amides is 3. The summed E-state index contributed by atoms with van der Waals surface area (Å²) < 4.78 is 10.7. The molecule has 14 nitrogen and oxygen atoms in total. The van der Waals surface area contributed by atoms with E-state index in [2.05, 4.69) is 30.5 Å². The second-order valence-corrected chi connectivity index (χ2v) is 16.0. The Morgan fingerprint density at radius 2 is 1.74 bits per heavy atom. The molecule has 0 unspecified atom stereocenters. The molecule has 0 bridgehead atoms. The van der Waals surface area contributed by atoms with Gasteiger partial charge < -0.3 is 25.0 Å². The zero-order valence-electron chi connectivity index (χ0n) is 32.4. The first-order valence-corrected chi connectivity index (χ1v) is 19.6. The third-order valence-corrected chi connectivity index (χ3v) is 11.1. The van der Waals surface area contributed by atoms with Gasteiger partial charge in [-0.15, -0.1) is 11.3 Å². The number of piperidine rings is 1. The van der Waals surface area contributed by atoms with Gasteiger partial charge in [0.25, 0.3) is 5.91 Å². The lowest BCUT2D eigenvalue weighted by atomic mass is 9.95. The van der Waals surface area contributed by atoms with E-state index in [4.69, 9.17) is 9.47 Å². The van der Waals surface area contributed by atoms with Crippen molar-refractivity contribution in [3.05, 3.63) is 39.9 Å². The van der Waals surface area contributed by atoms with Gasteiger partial charge in [-0.1, -0.05) is 40.0 Å². The number of rotatable bonds is 18. The molecule has 1 saturated carbocycles. The minimum atomic E-state index is -0.829. The minimum absolute atomic E-state index is 0.0342. The molecule has 4 rings (SSSR count). The molecular formula is C38H57N7O7S. The Morgan fingerprint density at radius 3 is 2.34 bits per heavy atom. The van der Waals surface area contributed by atoms with E-state index in [0.29, 0.717) is 29.6 Å². The van der Waals surface area contributed by atoms with Crippen LogP contribution in [0.15, 0.2) is 17.8 Å². The Labute approximate surface area is 317 Å². The van der Waals surface area contributed by atoms with Gasteiger partial charge in [-0.05, 0) is 63.6 Å². The Hall–Kier alpha value is -3.98. The maximum Gasteiger partial charge on any atom is 0.308 e. The maximum atomic E-state index is 14.2. The predicted molar refractivity (Wildman–Crippen MR) is 200 cm³/mol. The normalized spacial score (nSPS) is 19.0. The quantitative estimate of drug-likeness (QED) is 0.211. The van der Waals surface area contributed by atoms with Gasteiger partial charge in [0.1, 0.15) is 22.6 Å². The summed E-state index contributed by atoms with van der Waals surface area (Å²) in [5, 5.41) is 8.11. The third kappa shape index (κ3) is 12.3. The topological polar surface area (TPSA) is 173 Å². The molecule has 15 heteroatoms. The number of aromatic nitrogens is 3. The number of thiazole rings is 1. The van der Waals surface area contributed by atoms with Crippen molar-refractivity contribution in [1.82, 2.24) is 35.4 Å². The van der Waals surface area contributed by atoms with Gasteiger partial charge in [0.05, 0.1) is 19.1 Å². The molecule has 0 spiro atoms. The van der Waals surface area contributed by atoms with Crippen LogP contribution in [-0.4, -0.2) is 106 Å². The lowest BCUT2D eigenvalue weighted by Crippen LogP contribution is -2.56. The van der Waals surface area contributed by atoms with Gasteiger partial charge in [0, 0.05) is 56.7 Å². The number of ether oxygens (including phenoxy) is 2. The van der Waals surface area contributed by atoms with Gasteiger partial charge >= 0.3 is 11.9 Å². The van der Waals surface area contributed by atoms with E-state index in [0.717, 1.165) is 44.2 Å². The van der Waals surface area contributed by atoms with E-state index in [1.165, 1.54) is 25.4 Å². The number of nitrogens with one attached hydrogen (secondary N) is 2. The number of likely N-dealkylation sites (tertiary alicyclic amines) is 1. The molecule has 3 amide bonds. The first-order chi connectivity index (χ1) is 25.2. The molecule has 292 valence electrons. The number of nitrogens with zero attached hydrogens (tertiary/aromatic N) is 5. The monoisotopic (exact) mass is 755 g/mol. The van der Waals surface area contributed by atoms with Crippen LogP contribution < -0.4 is 10.6 Å². The molecule has 3 heterocycles. The second kappa shape index (κ2) is 19.4. The highest BCUT2D eigenvalue weighted by Crippen LogP contribution is 2.35. The lowest BCUT2D eigenvalue weighted by Gasteiger charge is -2.37. The highest BCUT2D eigenvalue weighted by molar-refractivity contribution is 7.09. The van der Waals surface area contributed by atoms with E-state index in [1.54, 1.807) is 36.6 Å². The van der Waals surface area contributed by atoms with Crippen LogP contribution in [0.25, 0.3) is 0 Å². The maximum absolute atomic E-state index is 14.2. The van der Waals surface area contributed by atoms with Crippen LogP contribution in [0.5, 0.6) is 0 Å². The molecule has 1 aliphatic heterocycles. The number of hydrogen-bond acceptors (Lipinski definition) is 12. The Kier molecular flexibility index (Phi) is 15.3. The highest BCUT2D eigenvalue weighted by Gasteiger charge is 2.38. The third-order valence-electron chi connectivity index (χ3n) is 10.2. The first kappa shape index (κ1) is 41.8. The SMILES string of the molecule is COC(=O)[C@@H](C)C[C@H](Cc1ncc(C)cn1)NC(=O)c1csc([C@@H](C[C@H](C(C)C)N(C)C(=O)[C@H](CC2CC2)NC(=O)[C@H]2CCCCN2C)OC(C)=O)n1. The average Bonchev–Trinajstić information content (AvgIpc) is 3.80. The van der Waals surface area contributed by atoms with E-state index in [-0.39, 0.29) is 48.4 Å². The number of carbonyl (C=O) groups excluding carboxylic acids is 5. The number of aryl methyl sites for hydroxylation is 1. The van der Waals surface area contributed by atoms with Gasteiger partial charge in [0.15, 0.2) is 6.10 Å². The molecule has 2 fully saturated rings. The number of methoxy groups -OCH3 is 1. The Bertz CT molecular complexity index is 1560. The molecule has 0 radical (unpaired) electrons. The molecule has 2 aliphatic rings. The summed E-state index contributed by atoms with van der Waals surface area (Å²) in [5.74, 6) is -1.26. The van der Waals surface area contributed by atoms with Gasteiger partial charge in [-0.3, -0.25) is 28.9 Å². The highest BCUT2D eigenvalue weighted by atomic mass is 32.1. The van der Waals surface area contributed by atoms with Crippen LogP contribution in [0.1, 0.15) is 112 Å². The van der Waals surface area contributed by atoms with Gasteiger partial charge in [-0.2, -0.15) is 0 Å². The number of hydrogen-bond donors (Lipinski definition) is 2. The molecule has 6 atom stereocenters. The summed E-state index contributed by atoms with van der Waals surface area (Å²) in [6, 6.07) is -1.78. The van der Waals surface area contributed by atoms with Crippen molar-refractivity contribution in [2.75, 3.05) is 27.7 Å². The second-order valence-electron chi connectivity index (χ2n) is 15.1. The van der Waals surface area contributed by atoms with Crippen LogP contribution >= 0.6 is 11.3 Å². The first-order valence-electron chi connectivity index (χ1n) is 18.7. The fraction of sp³-hybridized carbons (Fsp3) is 0.684. The Morgan fingerprint density at radius 1 is 1.04 bits per heavy atom. The van der Waals surface area contributed by atoms with Crippen molar-refractivity contribution in [3.63, 3.8) is 0 Å². The van der Waals surface area contributed by atoms with Gasteiger partial charge in [0.2, 0.25) is 11.8 Å². The summed E-state index contributed by atoms with van der Waals surface area (Å²) in [6.45, 7) is 9.78. The zero-order valence-corrected chi connectivity index (χ0v) is 33.2. The fourth-order valence-electron chi connectivity index (χ4n) is 6.95. The van der Waals surface area contributed by atoms with E-state index < -0.39 is 42.0 Å². The van der Waals surface area contributed by atoms with Gasteiger partial charge in [-0.25, -0.2) is 15.0 Å². The minimum Gasteiger partial charge on any atom is -0.469 e. The largest absolute Gasteiger partial charge is 0.469 e. The zero-order chi connectivity index (χ0) is 38.8. The smallest absolute Gasteiger partial charge is 0.308 e. The molecule has 53 heavy (non-hydrogen) atoms.